The van der Waals surface area contributed by atoms with E-state index in [9.17, 15) is 4.79 Å². The second-order valence-corrected chi connectivity index (χ2v) is 7.11. The van der Waals surface area contributed by atoms with Gasteiger partial charge in [0.15, 0.2) is 0 Å². The van der Waals surface area contributed by atoms with Crippen molar-refractivity contribution in [2.75, 3.05) is 19.7 Å². The number of rotatable bonds is 5. The van der Waals surface area contributed by atoms with Crippen LogP contribution in [0.25, 0.3) is 0 Å². The van der Waals surface area contributed by atoms with Crippen molar-refractivity contribution < 1.29 is 9.53 Å². The van der Waals surface area contributed by atoms with Crippen LogP contribution >= 0.6 is 0 Å². The second-order valence-electron chi connectivity index (χ2n) is 7.11. The molecular formula is C19H27NO2. The number of hydrogen-bond donors (Lipinski definition) is 0. The molecule has 2 atom stereocenters. The van der Waals surface area contributed by atoms with Crippen molar-refractivity contribution in [3.05, 3.63) is 35.9 Å². The summed E-state index contributed by atoms with van der Waals surface area (Å²) in [6, 6.07) is 10.4. The lowest BCUT2D eigenvalue weighted by molar-refractivity contribution is -0.135. The minimum absolute atomic E-state index is 0.218. The fourth-order valence-electron chi connectivity index (χ4n) is 3.34. The van der Waals surface area contributed by atoms with E-state index in [2.05, 4.69) is 43.0 Å². The van der Waals surface area contributed by atoms with Gasteiger partial charge in [-0.15, -0.1) is 0 Å². The van der Waals surface area contributed by atoms with Gasteiger partial charge in [0.2, 0.25) is 5.91 Å². The highest BCUT2D eigenvalue weighted by molar-refractivity contribution is 5.83. The van der Waals surface area contributed by atoms with Gasteiger partial charge < -0.3 is 9.64 Å². The van der Waals surface area contributed by atoms with E-state index in [4.69, 9.17) is 4.74 Å². The van der Waals surface area contributed by atoms with Crippen LogP contribution in [0, 0.1) is 11.8 Å². The minimum atomic E-state index is 0.218. The number of ether oxygens (including phenoxy) is 1. The van der Waals surface area contributed by atoms with Gasteiger partial charge in [0.05, 0.1) is 6.10 Å². The predicted octanol–water partition coefficient (Wildman–Crippen LogP) is 3.45. The van der Waals surface area contributed by atoms with E-state index in [0.717, 1.165) is 39.0 Å². The Kier molecular flexibility index (Phi) is 4.82. The fraction of sp³-hybridized carbons (Fsp3) is 0.632. The van der Waals surface area contributed by atoms with Crippen LogP contribution in [0.2, 0.25) is 0 Å². The molecule has 0 N–H and O–H groups in total. The van der Waals surface area contributed by atoms with Gasteiger partial charge in [-0.25, -0.2) is 0 Å². The molecule has 0 bridgehead atoms. The molecular weight excluding hydrogens is 274 g/mol. The number of amides is 1. The Labute approximate surface area is 133 Å². The highest BCUT2D eigenvalue weighted by Gasteiger charge is 2.46. The van der Waals surface area contributed by atoms with Gasteiger partial charge >= 0.3 is 0 Å². The number of nitrogens with zero attached hydrogens (tertiary/aromatic N) is 1. The molecule has 1 aliphatic carbocycles. The van der Waals surface area contributed by atoms with Crippen molar-refractivity contribution in [2.24, 2.45) is 11.8 Å². The molecule has 120 valence electrons. The molecule has 1 saturated carbocycles. The normalized spacial score (nSPS) is 25.5. The van der Waals surface area contributed by atoms with Crippen molar-refractivity contribution >= 4 is 5.91 Å². The van der Waals surface area contributed by atoms with Crippen molar-refractivity contribution in [1.29, 1.82) is 0 Å². The monoisotopic (exact) mass is 301 g/mol. The van der Waals surface area contributed by atoms with Crippen LogP contribution in [0.4, 0.5) is 0 Å². The Morgan fingerprint density at radius 1 is 1.23 bits per heavy atom. The van der Waals surface area contributed by atoms with Gasteiger partial charge in [0.25, 0.3) is 0 Å². The van der Waals surface area contributed by atoms with Crippen molar-refractivity contribution in [3.8, 4) is 0 Å². The predicted molar refractivity (Wildman–Crippen MR) is 87.7 cm³/mol. The van der Waals surface area contributed by atoms with Crippen LogP contribution in [0.15, 0.2) is 30.3 Å². The molecule has 1 aromatic carbocycles. The van der Waals surface area contributed by atoms with Crippen LogP contribution in [0.5, 0.6) is 0 Å². The minimum Gasteiger partial charge on any atom is -0.378 e. The molecule has 2 aliphatic rings. The zero-order chi connectivity index (χ0) is 15.5. The molecule has 1 aliphatic heterocycles. The third kappa shape index (κ3) is 3.70. The molecule has 1 saturated heterocycles. The summed E-state index contributed by atoms with van der Waals surface area (Å²) in [5, 5.41) is 0. The van der Waals surface area contributed by atoms with Crippen molar-refractivity contribution in [2.45, 2.75) is 45.1 Å². The lowest BCUT2D eigenvalue weighted by atomic mass is 10.1. The average molecular weight is 301 g/mol. The van der Waals surface area contributed by atoms with Crippen LogP contribution in [-0.2, 0) is 9.53 Å². The third-order valence-corrected chi connectivity index (χ3v) is 4.75. The van der Waals surface area contributed by atoms with Gasteiger partial charge in [0, 0.05) is 25.6 Å². The highest BCUT2D eigenvalue weighted by atomic mass is 16.5. The Hall–Kier alpha value is -1.35. The summed E-state index contributed by atoms with van der Waals surface area (Å²) in [4.78, 5) is 14.7. The first kappa shape index (κ1) is 15.5. The second kappa shape index (κ2) is 6.82. The summed E-state index contributed by atoms with van der Waals surface area (Å²) < 4.78 is 5.90. The summed E-state index contributed by atoms with van der Waals surface area (Å²) in [7, 11) is 0. The molecule has 1 amide bonds. The number of hydrogen-bond acceptors (Lipinski definition) is 2. The highest BCUT2D eigenvalue weighted by Crippen LogP contribution is 2.48. The number of benzene rings is 1. The molecule has 0 spiro atoms. The lowest BCUT2D eigenvalue weighted by Gasteiger charge is -2.32. The van der Waals surface area contributed by atoms with E-state index in [1.165, 1.54) is 5.56 Å². The standard InChI is InChI=1S/C19H27NO2/c1-14(2)13-22-16-8-10-20(11-9-16)19(21)18-12-17(18)15-6-4-3-5-7-15/h3-7,14,16-18H,8-13H2,1-2H3/t17-,18+/m0/s1. The SMILES string of the molecule is CC(C)COC1CCN(C(=O)[C@@H]2C[C@H]2c2ccccc2)CC1. The first-order valence-electron chi connectivity index (χ1n) is 8.60. The molecule has 3 heteroatoms. The molecule has 0 unspecified atom stereocenters. The zero-order valence-electron chi connectivity index (χ0n) is 13.7. The maximum Gasteiger partial charge on any atom is 0.226 e. The van der Waals surface area contributed by atoms with Crippen molar-refractivity contribution in [1.82, 2.24) is 4.90 Å². The van der Waals surface area contributed by atoms with Crippen LogP contribution in [0.1, 0.15) is 44.6 Å². The molecule has 22 heavy (non-hydrogen) atoms. The maximum atomic E-state index is 12.6. The first-order valence-corrected chi connectivity index (χ1v) is 8.60. The first-order chi connectivity index (χ1) is 10.6. The quantitative estimate of drug-likeness (QED) is 0.833. The third-order valence-electron chi connectivity index (χ3n) is 4.75. The smallest absolute Gasteiger partial charge is 0.226 e. The largest absolute Gasteiger partial charge is 0.378 e. The van der Waals surface area contributed by atoms with E-state index < -0.39 is 0 Å². The van der Waals surface area contributed by atoms with Gasteiger partial charge in [-0.1, -0.05) is 44.2 Å². The number of likely N-dealkylation sites (tertiary alicyclic amines) is 1. The van der Waals surface area contributed by atoms with E-state index in [-0.39, 0.29) is 5.92 Å². The number of carbonyl (C=O) groups is 1. The summed E-state index contributed by atoms with van der Waals surface area (Å²) in [6.45, 7) is 6.90. The molecule has 3 rings (SSSR count). The van der Waals surface area contributed by atoms with E-state index in [1.807, 2.05) is 6.07 Å². The molecule has 0 aromatic heterocycles. The zero-order valence-corrected chi connectivity index (χ0v) is 13.7. The Balaban J connectivity index is 1.45. The molecule has 0 radical (unpaired) electrons. The van der Waals surface area contributed by atoms with Gasteiger partial charge in [-0.2, -0.15) is 0 Å². The van der Waals surface area contributed by atoms with Gasteiger partial charge in [-0.05, 0) is 36.7 Å². The molecule has 1 aromatic rings. The topological polar surface area (TPSA) is 29.5 Å². The number of piperidine rings is 1. The Morgan fingerprint density at radius 2 is 1.91 bits per heavy atom. The summed E-state index contributed by atoms with van der Waals surface area (Å²) >= 11 is 0. The summed E-state index contributed by atoms with van der Waals surface area (Å²) in [5.41, 5.74) is 1.32. The van der Waals surface area contributed by atoms with Crippen LogP contribution in [0.3, 0.4) is 0 Å². The van der Waals surface area contributed by atoms with E-state index in [0.29, 0.717) is 23.8 Å². The van der Waals surface area contributed by atoms with E-state index in [1.54, 1.807) is 0 Å². The van der Waals surface area contributed by atoms with Gasteiger partial charge in [0.1, 0.15) is 0 Å². The number of carbonyl (C=O) groups excluding carboxylic acids is 1. The Morgan fingerprint density at radius 3 is 2.55 bits per heavy atom. The molecule has 2 fully saturated rings. The summed E-state index contributed by atoms with van der Waals surface area (Å²) in [6.07, 6.45) is 3.34. The maximum absolute atomic E-state index is 12.6. The van der Waals surface area contributed by atoms with Crippen LogP contribution < -0.4 is 0 Å². The van der Waals surface area contributed by atoms with Crippen molar-refractivity contribution in [3.63, 3.8) is 0 Å². The molecule has 1 heterocycles. The van der Waals surface area contributed by atoms with E-state index >= 15 is 0 Å². The molecule has 3 nitrogen and oxygen atoms in total. The lowest BCUT2D eigenvalue weighted by Crippen LogP contribution is -2.42. The van der Waals surface area contributed by atoms with Gasteiger partial charge in [-0.3, -0.25) is 4.79 Å². The fourth-order valence-corrected chi connectivity index (χ4v) is 3.34. The average Bonchev–Trinajstić information content (AvgIpc) is 3.34. The summed E-state index contributed by atoms with van der Waals surface area (Å²) in [5.74, 6) is 1.60. The van der Waals surface area contributed by atoms with Crippen LogP contribution in [-0.4, -0.2) is 36.6 Å². The Bertz CT molecular complexity index is 491.